The molecule has 1 aromatic rings. The maximum absolute atomic E-state index is 10.6. The Hall–Kier alpha value is -1.42. The Kier molecular flexibility index (Phi) is 2.21. The number of aryl methyl sites for hydroxylation is 1. The van der Waals surface area contributed by atoms with Gasteiger partial charge in [-0.1, -0.05) is 0 Å². The van der Waals surface area contributed by atoms with Crippen LogP contribution < -0.4 is 0 Å². The van der Waals surface area contributed by atoms with Gasteiger partial charge in [0.05, 0.1) is 6.10 Å². The van der Waals surface area contributed by atoms with Crippen molar-refractivity contribution in [2.75, 3.05) is 0 Å². The van der Waals surface area contributed by atoms with Crippen LogP contribution in [0.1, 0.15) is 40.6 Å². The molecule has 4 nitrogen and oxygen atoms in total. The van der Waals surface area contributed by atoms with Crippen molar-refractivity contribution in [3.05, 3.63) is 29.1 Å². The fourth-order valence-electron chi connectivity index (χ4n) is 1.78. The van der Waals surface area contributed by atoms with Crippen LogP contribution in [0.2, 0.25) is 0 Å². The van der Waals surface area contributed by atoms with Gasteiger partial charge in [-0.3, -0.25) is 0 Å². The van der Waals surface area contributed by atoms with E-state index >= 15 is 0 Å². The zero-order valence-corrected chi connectivity index (χ0v) is 7.60. The maximum atomic E-state index is 10.6. The van der Waals surface area contributed by atoms with Gasteiger partial charge in [0.15, 0.2) is 0 Å². The first kappa shape index (κ1) is 9.15. The molecule has 2 rings (SSSR count). The molecular formula is C10H11NO3. The molecule has 0 fully saturated rings. The molecule has 0 aromatic carbocycles. The highest BCUT2D eigenvalue weighted by molar-refractivity contribution is 5.85. The molecule has 0 saturated heterocycles. The first-order valence-electron chi connectivity index (χ1n) is 4.58. The summed E-state index contributed by atoms with van der Waals surface area (Å²) in [5, 5.41) is 18.3. The topological polar surface area (TPSA) is 70.4 Å². The Morgan fingerprint density at radius 3 is 3.07 bits per heavy atom. The Balaban J connectivity index is 2.44. The number of carbonyl (C=O) groups is 1. The van der Waals surface area contributed by atoms with Gasteiger partial charge in [-0.05, 0) is 30.9 Å². The van der Waals surface area contributed by atoms with Crippen LogP contribution in [0.15, 0.2) is 12.3 Å². The van der Waals surface area contributed by atoms with E-state index in [0.29, 0.717) is 0 Å². The molecule has 1 aliphatic rings. The fourth-order valence-corrected chi connectivity index (χ4v) is 1.78. The highest BCUT2D eigenvalue weighted by atomic mass is 16.4. The van der Waals surface area contributed by atoms with Gasteiger partial charge in [-0.15, -0.1) is 0 Å². The minimum atomic E-state index is -1.02. The van der Waals surface area contributed by atoms with E-state index in [1.807, 2.05) is 0 Å². The summed E-state index contributed by atoms with van der Waals surface area (Å²) in [5.74, 6) is -1.02. The first-order chi connectivity index (χ1) is 6.68. The van der Waals surface area contributed by atoms with Gasteiger partial charge in [-0.2, -0.15) is 0 Å². The summed E-state index contributed by atoms with van der Waals surface area (Å²) in [6, 6.07) is 1.56. The van der Waals surface area contributed by atoms with Crippen molar-refractivity contribution < 1.29 is 15.0 Å². The van der Waals surface area contributed by atoms with Gasteiger partial charge >= 0.3 is 5.97 Å². The molecule has 1 heterocycles. The van der Waals surface area contributed by atoms with Crippen LogP contribution in [-0.4, -0.2) is 21.2 Å². The monoisotopic (exact) mass is 193 g/mol. The quantitative estimate of drug-likeness (QED) is 0.701. The minimum Gasteiger partial charge on any atom is -0.477 e. The number of fused-ring (bicyclic) bond motifs is 1. The predicted molar refractivity (Wildman–Crippen MR) is 49.1 cm³/mol. The van der Waals surface area contributed by atoms with E-state index < -0.39 is 12.1 Å². The van der Waals surface area contributed by atoms with E-state index in [2.05, 4.69) is 4.98 Å². The van der Waals surface area contributed by atoms with Crippen molar-refractivity contribution in [1.82, 2.24) is 4.98 Å². The van der Waals surface area contributed by atoms with Gasteiger partial charge < -0.3 is 10.2 Å². The summed E-state index contributed by atoms with van der Waals surface area (Å²) >= 11 is 0. The number of aliphatic hydroxyl groups excluding tert-OH is 1. The third-order valence-electron chi connectivity index (χ3n) is 2.53. The molecule has 4 heteroatoms. The van der Waals surface area contributed by atoms with Crippen molar-refractivity contribution >= 4 is 5.97 Å². The van der Waals surface area contributed by atoms with E-state index in [-0.39, 0.29) is 5.69 Å². The summed E-state index contributed by atoms with van der Waals surface area (Å²) in [7, 11) is 0. The summed E-state index contributed by atoms with van der Waals surface area (Å²) in [4.78, 5) is 14.4. The second-order valence-corrected chi connectivity index (χ2v) is 3.48. The third kappa shape index (κ3) is 1.48. The van der Waals surface area contributed by atoms with Gasteiger partial charge in [0.1, 0.15) is 5.69 Å². The molecule has 0 saturated carbocycles. The molecule has 2 N–H and O–H groups in total. The average Bonchev–Trinajstić information content (AvgIpc) is 2.17. The standard InChI is InChI=1S/C10H11NO3/c12-9-3-1-2-6-4-8(10(13)14)11-5-7(6)9/h4-5,9,12H,1-3H2,(H,13,14). The molecule has 0 amide bonds. The Bertz CT molecular complexity index is 376. The summed E-state index contributed by atoms with van der Waals surface area (Å²) < 4.78 is 0. The lowest BCUT2D eigenvalue weighted by Gasteiger charge is -2.20. The van der Waals surface area contributed by atoms with Gasteiger partial charge in [0, 0.05) is 11.8 Å². The minimum absolute atomic E-state index is 0.0536. The van der Waals surface area contributed by atoms with Crippen LogP contribution in [-0.2, 0) is 6.42 Å². The molecule has 1 unspecified atom stereocenters. The number of pyridine rings is 1. The van der Waals surface area contributed by atoms with Crippen LogP contribution >= 0.6 is 0 Å². The van der Waals surface area contributed by atoms with Crippen molar-refractivity contribution in [2.45, 2.75) is 25.4 Å². The average molecular weight is 193 g/mol. The number of nitrogens with zero attached hydrogens (tertiary/aromatic N) is 1. The lowest BCUT2D eigenvalue weighted by Crippen LogP contribution is -2.12. The number of hydrogen-bond donors (Lipinski definition) is 2. The maximum Gasteiger partial charge on any atom is 0.354 e. The van der Waals surface area contributed by atoms with Gasteiger partial charge in [0.2, 0.25) is 0 Å². The highest BCUT2D eigenvalue weighted by Crippen LogP contribution is 2.28. The number of carboxylic acid groups (broad SMARTS) is 1. The van der Waals surface area contributed by atoms with Crippen LogP contribution in [0.5, 0.6) is 0 Å². The Morgan fingerprint density at radius 2 is 2.36 bits per heavy atom. The van der Waals surface area contributed by atoms with E-state index in [1.54, 1.807) is 6.07 Å². The van der Waals surface area contributed by atoms with Crippen LogP contribution in [0.4, 0.5) is 0 Å². The zero-order chi connectivity index (χ0) is 10.1. The molecule has 1 aliphatic carbocycles. The first-order valence-corrected chi connectivity index (χ1v) is 4.58. The zero-order valence-electron chi connectivity index (χ0n) is 7.60. The number of aliphatic hydroxyl groups is 1. The molecule has 74 valence electrons. The van der Waals surface area contributed by atoms with E-state index in [0.717, 1.165) is 30.4 Å². The van der Waals surface area contributed by atoms with Crippen molar-refractivity contribution in [3.63, 3.8) is 0 Å². The number of aromatic nitrogens is 1. The van der Waals surface area contributed by atoms with Crippen LogP contribution in [0, 0.1) is 0 Å². The summed E-state index contributed by atoms with van der Waals surface area (Å²) in [5.41, 5.74) is 1.75. The number of carboxylic acids is 1. The molecule has 0 aliphatic heterocycles. The Labute approximate surface area is 81.2 Å². The smallest absolute Gasteiger partial charge is 0.354 e. The highest BCUT2D eigenvalue weighted by Gasteiger charge is 2.19. The molecular weight excluding hydrogens is 182 g/mol. The molecule has 0 bridgehead atoms. The number of rotatable bonds is 1. The van der Waals surface area contributed by atoms with Crippen molar-refractivity contribution in [3.8, 4) is 0 Å². The Morgan fingerprint density at radius 1 is 1.57 bits per heavy atom. The fraction of sp³-hybridized carbons (Fsp3) is 0.400. The van der Waals surface area contributed by atoms with Gasteiger partial charge in [-0.25, -0.2) is 9.78 Å². The summed E-state index contributed by atoms with van der Waals surface area (Å²) in [6.45, 7) is 0. The second-order valence-electron chi connectivity index (χ2n) is 3.48. The molecule has 0 spiro atoms. The molecule has 14 heavy (non-hydrogen) atoms. The van der Waals surface area contributed by atoms with Crippen LogP contribution in [0.3, 0.4) is 0 Å². The molecule has 0 radical (unpaired) electrons. The molecule has 1 atom stereocenters. The van der Waals surface area contributed by atoms with E-state index in [9.17, 15) is 9.90 Å². The third-order valence-corrected chi connectivity index (χ3v) is 2.53. The lowest BCUT2D eigenvalue weighted by molar-refractivity contribution is 0.0689. The normalized spacial score (nSPS) is 20.2. The summed E-state index contributed by atoms with van der Waals surface area (Å²) in [6.07, 6.45) is 3.46. The van der Waals surface area contributed by atoms with Crippen LogP contribution in [0.25, 0.3) is 0 Å². The SMILES string of the molecule is O=C(O)c1cc2c(cn1)C(O)CCC2. The largest absolute Gasteiger partial charge is 0.477 e. The van der Waals surface area contributed by atoms with Gasteiger partial charge in [0.25, 0.3) is 0 Å². The van der Waals surface area contributed by atoms with Crippen molar-refractivity contribution in [1.29, 1.82) is 0 Å². The van der Waals surface area contributed by atoms with E-state index in [4.69, 9.17) is 5.11 Å². The lowest BCUT2D eigenvalue weighted by atomic mass is 9.90. The second kappa shape index (κ2) is 3.38. The molecule has 1 aromatic heterocycles. The number of aromatic carboxylic acids is 1. The predicted octanol–water partition coefficient (Wildman–Crippen LogP) is 1.15. The van der Waals surface area contributed by atoms with E-state index in [1.165, 1.54) is 6.20 Å². The number of hydrogen-bond acceptors (Lipinski definition) is 3. The van der Waals surface area contributed by atoms with Crippen molar-refractivity contribution in [2.24, 2.45) is 0 Å².